The van der Waals surface area contributed by atoms with Gasteiger partial charge in [-0.2, -0.15) is 18.3 Å². The van der Waals surface area contributed by atoms with Gasteiger partial charge in [0.25, 0.3) is 0 Å². The quantitative estimate of drug-likeness (QED) is 0.759. The number of alkyl halides is 3. The minimum Gasteiger partial charge on any atom is -0.401 e. The number of carbonyl (C=O) groups is 1. The van der Waals surface area contributed by atoms with Crippen LogP contribution in [0.1, 0.15) is 16.8 Å². The van der Waals surface area contributed by atoms with Crippen molar-refractivity contribution in [2.75, 3.05) is 0 Å². The highest BCUT2D eigenvalue weighted by Gasteiger charge is 2.42. The molecule has 0 radical (unpaired) electrons. The fourth-order valence-electron chi connectivity index (χ4n) is 1.84. The lowest BCUT2D eigenvalue weighted by Gasteiger charge is -2.11. The number of rotatable bonds is 3. The third kappa shape index (κ3) is 3.97. The fraction of sp³-hybridized carbons (Fsp3) is 0.286. The van der Waals surface area contributed by atoms with Crippen molar-refractivity contribution < 1.29 is 22.7 Å². The first-order valence-corrected chi connectivity index (χ1v) is 7.12. The highest BCUT2D eigenvalue weighted by molar-refractivity contribution is 6.42. The van der Waals surface area contributed by atoms with Crippen LogP contribution in [0, 0.1) is 13.8 Å². The third-order valence-electron chi connectivity index (χ3n) is 3.11. The minimum atomic E-state index is -5.08. The molecule has 124 valence electrons. The summed E-state index contributed by atoms with van der Waals surface area (Å²) in [5, 5.41) is 4.75. The van der Waals surface area contributed by atoms with Gasteiger partial charge in [0.1, 0.15) is 0 Å². The molecule has 0 N–H and O–H groups in total. The van der Waals surface area contributed by atoms with E-state index in [0.717, 1.165) is 0 Å². The van der Waals surface area contributed by atoms with Crippen molar-refractivity contribution in [3.05, 3.63) is 45.1 Å². The van der Waals surface area contributed by atoms with Gasteiger partial charge in [-0.3, -0.25) is 0 Å². The number of benzene rings is 1. The van der Waals surface area contributed by atoms with Gasteiger partial charge in [0, 0.05) is 5.56 Å². The van der Waals surface area contributed by atoms with E-state index in [-0.39, 0.29) is 12.4 Å². The number of hydrogen-bond acceptors (Lipinski definition) is 3. The van der Waals surface area contributed by atoms with Gasteiger partial charge in [-0.25, -0.2) is 9.48 Å². The lowest BCUT2D eigenvalue weighted by Crippen LogP contribution is -2.29. The summed E-state index contributed by atoms with van der Waals surface area (Å²) < 4.78 is 42.8. The standard InChI is InChI=1S/C14H11Cl2F3N2O2/c1-7-8(2)20-21(12(7)23-13(22)14(17,18)19)6-9-3-4-10(15)11(16)5-9/h3-5H,6H2,1-2H3. The molecule has 1 aromatic heterocycles. The second kappa shape index (κ2) is 6.41. The van der Waals surface area contributed by atoms with E-state index in [1.165, 1.54) is 11.6 Å². The number of hydrogen-bond donors (Lipinski definition) is 0. The number of ether oxygens (including phenoxy) is 1. The van der Waals surface area contributed by atoms with Gasteiger partial charge >= 0.3 is 12.1 Å². The van der Waals surface area contributed by atoms with Crippen LogP contribution >= 0.6 is 23.2 Å². The maximum atomic E-state index is 12.4. The molecule has 0 saturated heterocycles. The molecule has 0 aliphatic carbocycles. The van der Waals surface area contributed by atoms with E-state index < -0.39 is 12.1 Å². The molecule has 0 bridgehead atoms. The Morgan fingerprint density at radius 3 is 2.48 bits per heavy atom. The Labute approximate surface area is 139 Å². The van der Waals surface area contributed by atoms with Crippen LogP contribution in [-0.4, -0.2) is 21.9 Å². The molecule has 9 heteroatoms. The van der Waals surface area contributed by atoms with Gasteiger partial charge < -0.3 is 4.74 Å². The second-order valence-electron chi connectivity index (χ2n) is 4.81. The highest BCUT2D eigenvalue weighted by Crippen LogP contribution is 2.27. The van der Waals surface area contributed by atoms with Crippen LogP contribution in [-0.2, 0) is 11.3 Å². The zero-order valence-electron chi connectivity index (χ0n) is 12.0. The molecular weight excluding hydrogens is 356 g/mol. The van der Waals surface area contributed by atoms with Crippen molar-refractivity contribution in [1.82, 2.24) is 9.78 Å². The second-order valence-corrected chi connectivity index (χ2v) is 5.62. The summed E-state index contributed by atoms with van der Waals surface area (Å²) in [7, 11) is 0. The summed E-state index contributed by atoms with van der Waals surface area (Å²) in [6.07, 6.45) is -5.08. The van der Waals surface area contributed by atoms with Crippen molar-refractivity contribution in [2.24, 2.45) is 0 Å². The van der Waals surface area contributed by atoms with Crippen molar-refractivity contribution in [3.63, 3.8) is 0 Å². The van der Waals surface area contributed by atoms with Crippen molar-refractivity contribution in [2.45, 2.75) is 26.6 Å². The first kappa shape index (κ1) is 17.6. The van der Waals surface area contributed by atoms with Gasteiger partial charge in [-0.05, 0) is 31.5 Å². The summed E-state index contributed by atoms with van der Waals surface area (Å²) in [6, 6.07) is 4.77. The molecule has 0 unspecified atom stereocenters. The Kier molecular flexibility index (Phi) is 4.91. The largest absolute Gasteiger partial charge is 0.491 e. The van der Waals surface area contributed by atoms with Gasteiger partial charge in [-0.1, -0.05) is 29.3 Å². The number of aryl methyl sites for hydroxylation is 1. The van der Waals surface area contributed by atoms with E-state index in [4.69, 9.17) is 23.2 Å². The van der Waals surface area contributed by atoms with Crippen LogP contribution in [0.2, 0.25) is 10.0 Å². The molecule has 23 heavy (non-hydrogen) atoms. The Balaban J connectivity index is 2.34. The normalized spacial score (nSPS) is 11.6. The van der Waals surface area contributed by atoms with Crippen LogP contribution in [0.4, 0.5) is 13.2 Å². The van der Waals surface area contributed by atoms with Crippen LogP contribution in [0.3, 0.4) is 0 Å². The average molecular weight is 367 g/mol. The highest BCUT2D eigenvalue weighted by atomic mass is 35.5. The van der Waals surface area contributed by atoms with E-state index in [1.54, 1.807) is 25.1 Å². The van der Waals surface area contributed by atoms with Crippen LogP contribution in [0.15, 0.2) is 18.2 Å². The molecule has 0 atom stereocenters. The van der Waals surface area contributed by atoms with Crippen LogP contribution in [0.5, 0.6) is 5.88 Å². The number of carbonyl (C=O) groups excluding carboxylic acids is 1. The summed E-state index contributed by atoms with van der Waals surface area (Å²) in [5.74, 6) is -2.55. The monoisotopic (exact) mass is 366 g/mol. The van der Waals surface area contributed by atoms with Gasteiger partial charge in [-0.15, -0.1) is 0 Å². The molecule has 0 amide bonds. The maximum absolute atomic E-state index is 12.4. The topological polar surface area (TPSA) is 44.1 Å². The predicted octanol–water partition coefficient (Wildman–Crippen LogP) is 4.32. The predicted molar refractivity (Wildman–Crippen MR) is 79.0 cm³/mol. The number of esters is 1. The summed E-state index contributed by atoms with van der Waals surface area (Å²) in [6.45, 7) is 3.20. The summed E-state index contributed by atoms with van der Waals surface area (Å²) in [5.41, 5.74) is 1.45. The number of nitrogens with zero attached hydrogens (tertiary/aromatic N) is 2. The molecule has 2 aromatic rings. The smallest absolute Gasteiger partial charge is 0.401 e. The third-order valence-corrected chi connectivity index (χ3v) is 3.84. The van der Waals surface area contributed by atoms with Crippen molar-refractivity contribution in [1.29, 1.82) is 0 Å². The first-order valence-electron chi connectivity index (χ1n) is 6.36. The maximum Gasteiger partial charge on any atom is 0.491 e. The zero-order chi connectivity index (χ0) is 17.4. The molecule has 0 aliphatic rings. The minimum absolute atomic E-state index is 0.0754. The lowest BCUT2D eigenvalue weighted by atomic mass is 10.2. The molecule has 4 nitrogen and oxygen atoms in total. The molecule has 0 spiro atoms. The molecule has 0 fully saturated rings. The van der Waals surface area contributed by atoms with E-state index in [0.29, 0.717) is 26.9 Å². The molecule has 2 rings (SSSR count). The fourth-order valence-corrected chi connectivity index (χ4v) is 2.16. The van der Waals surface area contributed by atoms with E-state index >= 15 is 0 Å². The van der Waals surface area contributed by atoms with E-state index in [1.807, 2.05) is 0 Å². The Morgan fingerprint density at radius 1 is 1.26 bits per heavy atom. The number of halogens is 5. The van der Waals surface area contributed by atoms with E-state index in [9.17, 15) is 18.0 Å². The van der Waals surface area contributed by atoms with Gasteiger partial charge in [0.05, 0.1) is 22.3 Å². The zero-order valence-corrected chi connectivity index (χ0v) is 13.6. The van der Waals surface area contributed by atoms with Crippen LogP contribution in [0.25, 0.3) is 0 Å². The summed E-state index contributed by atoms with van der Waals surface area (Å²) in [4.78, 5) is 11.1. The Morgan fingerprint density at radius 2 is 1.91 bits per heavy atom. The van der Waals surface area contributed by atoms with Crippen molar-refractivity contribution >= 4 is 29.2 Å². The van der Waals surface area contributed by atoms with Crippen LogP contribution < -0.4 is 4.74 Å². The molecule has 1 heterocycles. The average Bonchev–Trinajstić information content (AvgIpc) is 2.69. The molecular formula is C14H11Cl2F3N2O2. The Bertz CT molecular complexity index is 757. The lowest BCUT2D eigenvalue weighted by molar-refractivity contribution is -0.190. The SMILES string of the molecule is Cc1nn(Cc2ccc(Cl)c(Cl)c2)c(OC(=O)C(F)(F)F)c1C. The van der Waals surface area contributed by atoms with E-state index in [2.05, 4.69) is 9.84 Å². The Hall–Kier alpha value is -1.73. The van der Waals surface area contributed by atoms with Gasteiger partial charge in [0.15, 0.2) is 0 Å². The molecule has 1 aromatic carbocycles. The van der Waals surface area contributed by atoms with Crippen molar-refractivity contribution in [3.8, 4) is 5.88 Å². The first-order chi connectivity index (χ1) is 10.6. The molecule has 0 saturated carbocycles. The number of aromatic nitrogens is 2. The molecule has 0 aliphatic heterocycles. The van der Waals surface area contributed by atoms with Gasteiger partial charge in [0.2, 0.25) is 5.88 Å². The summed E-state index contributed by atoms with van der Waals surface area (Å²) >= 11 is 11.7.